The molecule has 25 heavy (non-hydrogen) atoms. The Morgan fingerprint density at radius 3 is 2.92 bits per heavy atom. The summed E-state index contributed by atoms with van der Waals surface area (Å²) in [5, 5.41) is 2.69. The molecule has 1 aliphatic carbocycles. The van der Waals surface area contributed by atoms with Gasteiger partial charge in [0, 0.05) is 27.7 Å². The molecule has 1 aliphatic heterocycles. The molecule has 1 fully saturated rings. The van der Waals surface area contributed by atoms with E-state index in [9.17, 15) is 9.18 Å². The van der Waals surface area contributed by atoms with Gasteiger partial charge in [0.1, 0.15) is 6.10 Å². The monoisotopic (exact) mass is 403 g/mol. The lowest BCUT2D eigenvalue weighted by Gasteiger charge is -2.30. The van der Waals surface area contributed by atoms with Gasteiger partial charge < -0.3 is 4.74 Å². The van der Waals surface area contributed by atoms with Crippen molar-refractivity contribution in [3.63, 3.8) is 0 Å². The number of nitrogens with zero attached hydrogens (tertiary/aromatic N) is 2. The molecule has 2 aliphatic rings. The van der Waals surface area contributed by atoms with Crippen LogP contribution in [0.1, 0.15) is 29.3 Å². The van der Waals surface area contributed by atoms with Gasteiger partial charge in [-0.05, 0) is 47.5 Å². The molecular weight excluding hydrogens is 389 g/mol. The normalized spacial score (nSPS) is 26.9. The van der Waals surface area contributed by atoms with Gasteiger partial charge in [0.25, 0.3) is 11.9 Å². The largest absolute Gasteiger partial charge is 0.461 e. The molecule has 1 N–H and O–H groups in total. The molecule has 2 aromatic rings. The number of carbonyl (C=O) groups is 1. The van der Waals surface area contributed by atoms with Crippen molar-refractivity contribution in [1.82, 2.24) is 10.3 Å². The molecule has 0 unspecified atom stereocenters. The Balaban J connectivity index is 1.66. The van der Waals surface area contributed by atoms with Gasteiger partial charge in [0.05, 0.1) is 5.54 Å². The molecule has 5 nitrogen and oxygen atoms in total. The van der Waals surface area contributed by atoms with Gasteiger partial charge in [-0.15, -0.1) is 0 Å². The number of benzene rings is 1. The summed E-state index contributed by atoms with van der Waals surface area (Å²) in [6.07, 6.45) is 2.09. The topological polar surface area (TPSA) is 63.6 Å². The number of halogens is 2. The van der Waals surface area contributed by atoms with Crippen LogP contribution >= 0.6 is 15.9 Å². The van der Waals surface area contributed by atoms with Crippen LogP contribution in [0.3, 0.4) is 0 Å². The zero-order valence-electron chi connectivity index (χ0n) is 13.4. The first-order chi connectivity index (χ1) is 12.0. The molecule has 0 spiro atoms. The Morgan fingerprint density at radius 2 is 2.16 bits per heavy atom. The molecule has 7 heteroatoms. The third-order valence-electron chi connectivity index (χ3n) is 4.66. The van der Waals surface area contributed by atoms with E-state index >= 15 is 0 Å². The second-order valence-corrected chi connectivity index (χ2v) is 7.29. The Hall–Kier alpha value is -2.28. The molecule has 1 aromatic carbocycles. The Morgan fingerprint density at radius 1 is 1.40 bits per heavy atom. The summed E-state index contributed by atoms with van der Waals surface area (Å²) < 4.78 is 20.7. The van der Waals surface area contributed by atoms with E-state index < -0.39 is 11.5 Å². The molecule has 0 radical (unpaired) electrons. The number of hydrogen-bond acceptors (Lipinski definition) is 4. The van der Waals surface area contributed by atoms with Crippen LogP contribution in [0.2, 0.25) is 0 Å². The maximum atomic E-state index is 14.3. The highest BCUT2D eigenvalue weighted by Gasteiger charge is 2.57. The van der Waals surface area contributed by atoms with Crippen molar-refractivity contribution in [2.24, 2.45) is 10.9 Å². The average molecular weight is 404 g/mol. The third-order valence-corrected chi connectivity index (χ3v) is 5.09. The van der Waals surface area contributed by atoms with Crippen LogP contribution in [0.25, 0.3) is 0 Å². The van der Waals surface area contributed by atoms with Crippen molar-refractivity contribution in [3.8, 4) is 0 Å². The number of nitrogens with one attached hydrogen (secondary N) is 1. The number of hydrogen-bond donors (Lipinski definition) is 1. The zero-order chi connectivity index (χ0) is 17.6. The van der Waals surface area contributed by atoms with Crippen LogP contribution < -0.4 is 5.32 Å². The SMILES string of the molecule is C[C@@]1(c2cc(Br)cnc2F)N=C(NC(=O)c2ccccc2)O[C@H]2C[C@H]21. The van der Waals surface area contributed by atoms with Crippen LogP contribution in [0.4, 0.5) is 4.39 Å². The van der Waals surface area contributed by atoms with E-state index in [0.717, 1.165) is 6.42 Å². The van der Waals surface area contributed by atoms with Gasteiger partial charge in [0.2, 0.25) is 5.95 Å². The summed E-state index contributed by atoms with van der Waals surface area (Å²) >= 11 is 3.33. The minimum absolute atomic E-state index is 0.0653. The number of aliphatic imine (C=N–C) groups is 1. The minimum atomic E-state index is -0.830. The molecule has 128 valence electrons. The quantitative estimate of drug-likeness (QED) is 0.781. The second kappa shape index (κ2) is 5.91. The van der Waals surface area contributed by atoms with Crippen molar-refractivity contribution < 1.29 is 13.9 Å². The summed E-state index contributed by atoms with van der Waals surface area (Å²) in [6.45, 7) is 1.85. The first kappa shape index (κ1) is 16.2. The Kier molecular flexibility index (Phi) is 3.83. The van der Waals surface area contributed by atoms with Crippen LogP contribution in [0.5, 0.6) is 0 Å². The highest BCUT2D eigenvalue weighted by Crippen LogP contribution is 2.53. The third kappa shape index (κ3) is 2.93. The molecule has 0 bridgehead atoms. The zero-order valence-corrected chi connectivity index (χ0v) is 15.0. The number of carbonyl (C=O) groups excluding carboxylic acids is 1. The van der Waals surface area contributed by atoms with E-state index in [1.54, 1.807) is 30.3 Å². The van der Waals surface area contributed by atoms with Gasteiger partial charge in [-0.25, -0.2) is 9.98 Å². The summed E-state index contributed by atoms with van der Waals surface area (Å²) in [7, 11) is 0. The van der Waals surface area contributed by atoms with Gasteiger partial charge >= 0.3 is 0 Å². The van der Waals surface area contributed by atoms with Crippen molar-refractivity contribution >= 4 is 27.9 Å². The predicted octanol–water partition coefficient (Wildman–Crippen LogP) is 3.40. The number of amides is 1. The lowest BCUT2D eigenvalue weighted by atomic mass is 9.88. The highest BCUT2D eigenvalue weighted by molar-refractivity contribution is 9.10. The Labute approximate surface area is 152 Å². The molecule has 0 saturated heterocycles. The lowest BCUT2D eigenvalue weighted by molar-refractivity contribution is 0.0956. The average Bonchev–Trinajstić information content (AvgIpc) is 3.38. The highest BCUT2D eigenvalue weighted by atomic mass is 79.9. The van der Waals surface area contributed by atoms with E-state index in [1.807, 2.05) is 13.0 Å². The van der Waals surface area contributed by atoms with Gasteiger partial charge in [0.15, 0.2) is 0 Å². The summed E-state index contributed by atoms with van der Waals surface area (Å²) in [5.41, 5.74) is 0.0659. The Bertz CT molecular complexity index is 874. The first-order valence-electron chi connectivity index (χ1n) is 7.92. The molecule has 1 aromatic heterocycles. The minimum Gasteiger partial charge on any atom is -0.461 e. The number of pyridine rings is 1. The maximum Gasteiger partial charge on any atom is 0.292 e. The van der Waals surface area contributed by atoms with E-state index in [2.05, 4.69) is 31.2 Å². The van der Waals surface area contributed by atoms with Gasteiger partial charge in [-0.2, -0.15) is 4.39 Å². The summed E-state index contributed by atoms with van der Waals surface area (Å²) in [5.74, 6) is -0.806. The summed E-state index contributed by atoms with van der Waals surface area (Å²) in [6, 6.07) is 10.6. The van der Waals surface area contributed by atoms with Crippen molar-refractivity contribution in [3.05, 3.63) is 64.1 Å². The molecule has 1 saturated carbocycles. The predicted molar refractivity (Wildman–Crippen MR) is 93.6 cm³/mol. The number of amidine groups is 1. The first-order valence-corrected chi connectivity index (χ1v) is 8.71. The molecule has 1 amide bonds. The van der Waals surface area contributed by atoms with Crippen LogP contribution in [0.15, 0.2) is 52.1 Å². The fourth-order valence-corrected chi connectivity index (χ4v) is 3.54. The van der Waals surface area contributed by atoms with Gasteiger partial charge in [-0.3, -0.25) is 10.1 Å². The fourth-order valence-electron chi connectivity index (χ4n) is 3.21. The molecule has 2 heterocycles. The van der Waals surface area contributed by atoms with Crippen molar-refractivity contribution in [1.29, 1.82) is 0 Å². The van der Waals surface area contributed by atoms with Crippen molar-refractivity contribution in [2.45, 2.75) is 25.0 Å². The molecular formula is C18H15BrFN3O2. The molecule has 4 rings (SSSR count). The van der Waals surface area contributed by atoms with Crippen LogP contribution in [0, 0.1) is 11.9 Å². The van der Waals surface area contributed by atoms with E-state index in [0.29, 0.717) is 15.6 Å². The number of fused-ring (bicyclic) bond motifs is 1. The molecule has 3 atom stereocenters. The van der Waals surface area contributed by atoms with Crippen LogP contribution in [-0.2, 0) is 10.3 Å². The standard InChI is InChI=1S/C18H15BrFN3O2/c1-18(13-7-11(19)9-21-15(13)20)12-8-14(12)25-17(23-18)22-16(24)10-5-3-2-4-6-10/h2-7,9,12,14H,8H2,1H3,(H,22,23,24)/t12-,14+,18-/m1/s1. The van der Waals surface area contributed by atoms with Gasteiger partial charge in [-0.1, -0.05) is 18.2 Å². The number of ether oxygens (including phenoxy) is 1. The van der Waals surface area contributed by atoms with Crippen molar-refractivity contribution in [2.75, 3.05) is 0 Å². The smallest absolute Gasteiger partial charge is 0.292 e. The summed E-state index contributed by atoms with van der Waals surface area (Å²) in [4.78, 5) is 20.6. The number of aromatic nitrogens is 1. The fraction of sp³-hybridized carbons (Fsp3) is 0.278. The lowest BCUT2D eigenvalue weighted by Crippen LogP contribution is -2.41. The number of rotatable bonds is 2. The van der Waals surface area contributed by atoms with Crippen LogP contribution in [-0.4, -0.2) is 23.0 Å². The maximum absolute atomic E-state index is 14.3. The van der Waals surface area contributed by atoms with E-state index in [4.69, 9.17) is 4.74 Å². The van der Waals surface area contributed by atoms with E-state index in [-0.39, 0.29) is 24.0 Å². The second-order valence-electron chi connectivity index (χ2n) is 6.38. The van der Waals surface area contributed by atoms with E-state index in [1.165, 1.54) is 6.20 Å².